The Labute approximate surface area is 197 Å². The SMILES string of the molecule is CCCc1ccc2c(c1)c(-c1ccc(OC(F)(F)F)cc1)cn2CCCNC(=O)OC(C)(C)C. The monoisotopic (exact) mass is 476 g/mol. The van der Waals surface area contributed by atoms with Gasteiger partial charge in [0.2, 0.25) is 0 Å². The Morgan fingerprint density at radius 3 is 2.38 bits per heavy atom. The van der Waals surface area contributed by atoms with Crippen LogP contribution in [0.15, 0.2) is 48.7 Å². The minimum absolute atomic E-state index is 0.250. The fourth-order valence-electron chi connectivity index (χ4n) is 3.79. The second kappa shape index (κ2) is 10.4. The van der Waals surface area contributed by atoms with Crippen molar-refractivity contribution in [3.63, 3.8) is 0 Å². The zero-order chi connectivity index (χ0) is 24.9. The first-order valence-electron chi connectivity index (χ1n) is 11.4. The van der Waals surface area contributed by atoms with E-state index in [1.165, 1.54) is 17.7 Å². The fraction of sp³-hybridized carbons (Fsp3) is 0.423. The van der Waals surface area contributed by atoms with Gasteiger partial charge in [0.1, 0.15) is 11.4 Å². The molecule has 0 radical (unpaired) electrons. The van der Waals surface area contributed by atoms with Crippen LogP contribution in [0, 0.1) is 0 Å². The Hall–Kier alpha value is -3.16. The van der Waals surface area contributed by atoms with Crippen molar-refractivity contribution in [2.75, 3.05) is 6.54 Å². The number of aromatic nitrogens is 1. The Morgan fingerprint density at radius 1 is 1.06 bits per heavy atom. The average molecular weight is 477 g/mol. The lowest BCUT2D eigenvalue weighted by Crippen LogP contribution is -2.33. The molecule has 1 aromatic heterocycles. The maximum absolute atomic E-state index is 12.5. The van der Waals surface area contributed by atoms with Gasteiger partial charge >= 0.3 is 12.5 Å². The Morgan fingerprint density at radius 2 is 1.76 bits per heavy atom. The van der Waals surface area contributed by atoms with Crippen LogP contribution >= 0.6 is 0 Å². The van der Waals surface area contributed by atoms with E-state index < -0.39 is 18.1 Å². The van der Waals surface area contributed by atoms with Crippen LogP contribution in [-0.2, 0) is 17.7 Å². The van der Waals surface area contributed by atoms with E-state index in [1.54, 1.807) is 12.1 Å². The first kappa shape index (κ1) is 25.5. The molecule has 5 nitrogen and oxygen atoms in total. The summed E-state index contributed by atoms with van der Waals surface area (Å²) in [4.78, 5) is 11.9. The van der Waals surface area contributed by atoms with Gasteiger partial charge in [0, 0.05) is 35.8 Å². The van der Waals surface area contributed by atoms with E-state index in [0.29, 0.717) is 19.5 Å². The van der Waals surface area contributed by atoms with E-state index in [4.69, 9.17) is 4.74 Å². The minimum atomic E-state index is -4.72. The molecule has 184 valence electrons. The molecular formula is C26H31F3N2O3. The van der Waals surface area contributed by atoms with E-state index in [-0.39, 0.29) is 5.75 Å². The molecule has 3 rings (SSSR count). The quantitative estimate of drug-likeness (QED) is 0.354. The zero-order valence-corrected chi connectivity index (χ0v) is 20.0. The van der Waals surface area contributed by atoms with Crippen molar-refractivity contribution < 1.29 is 27.4 Å². The first-order chi connectivity index (χ1) is 15.9. The molecular weight excluding hydrogens is 445 g/mol. The summed E-state index contributed by atoms with van der Waals surface area (Å²) in [5, 5.41) is 3.80. The maximum Gasteiger partial charge on any atom is 0.573 e. The van der Waals surface area contributed by atoms with Gasteiger partial charge in [-0.3, -0.25) is 0 Å². The predicted octanol–water partition coefficient (Wildman–Crippen LogP) is 7.07. The molecule has 0 aliphatic rings. The van der Waals surface area contributed by atoms with Crippen LogP contribution in [0.5, 0.6) is 5.75 Å². The molecule has 1 amide bonds. The number of ether oxygens (including phenoxy) is 2. The molecule has 0 aliphatic carbocycles. The Kier molecular flexibility index (Phi) is 7.79. The summed E-state index contributed by atoms with van der Waals surface area (Å²) in [7, 11) is 0. The molecule has 34 heavy (non-hydrogen) atoms. The summed E-state index contributed by atoms with van der Waals surface area (Å²) in [5.41, 5.74) is 3.43. The average Bonchev–Trinajstić information content (AvgIpc) is 3.07. The van der Waals surface area contributed by atoms with E-state index in [9.17, 15) is 18.0 Å². The van der Waals surface area contributed by atoms with Gasteiger partial charge in [0.15, 0.2) is 0 Å². The van der Waals surface area contributed by atoms with Gasteiger partial charge in [-0.25, -0.2) is 4.79 Å². The number of alkyl halides is 3. The zero-order valence-electron chi connectivity index (χ0n) is 20.0. The van der Waals surface area contributed by atoms with E-state index in [2.05, 4.69) is 39.7 Å². The number of nitrogens with one attached hydrogen (secondary N) is 1. The molecule has 0 atom stereocenters. The molecule has 3 aromatic rings. The van der Waals surface area contributed by atoms with E-state index in [1.807, 2.05) is 27.0 Å². The number of hydrogen-bond donors (Lipinski definition) is 1. The molecule has 0 saturated carbocycles. The summed E-state index contributed by atoms with van der Waals surface area (Å²) in [5.74, 6) is -0.250. The van der Waals surface area contributed by atoms with Gasteiger partial charge in [-0.05, 0) is 69.0 Å². The van der Waals surface area contributed by atoms with Crippen molar-refractivity contribution in [1.29, 1.82) is 0 Å². The first-order valence-corrected chi connectivity index (χ1v) is 11.4. The molecule has 0 bridgehead atoms. The summed E-state index contributed by atoms with van der Waals surface area (Å²) >= 11 is 0. The fourth-order valence-corrected chi connectivity index (χ4v) is 3.79. The van der Waals surface area contributed by atoms with Crippen molar-refractivity contribution in [1.82, 2.24) is 9.88 Å². The molecule has 0 saturated heterocycles. The van der Waals surface area contributed by atoms with Gasteiger partial charge in [-0.15, -0.1) is 13.2 Å². The molecule has 0 fully saturated rings. The lowest BCUT2D eigenvalue weighted by atomic mass is 10.0. The van der Waals surface area contributed by atoms with Gasteiger partial charge in [-0.1, -0.05) is 31.5 Å². The summed E-state index contributed by atoms with van der Waals surface area (Å²) in [6, 6.07) is 12.2. The summed E-state index contributed by atoms with van der Waals surface area (Å²) in [6.07, 6.45) is -0.513. The highest BCUT2D eigenvalue weighted by molar-refractivity contribution is 5.96. The number of carbonyl (C=O) groups excluding carboxylic acids is 1. The highest BCUT2D eigenvalue weighted by atomic mass is 19.4. The molecule has 1 N–H and O–H groups in total. The number of halogens is 3. The highest BCUT2D eigenvalue weighted by Gasteiger charge is 2.31. The number of aryl methyl sites for hydroxylation is 2. The predicted molar refractivity (Wildman–Crippen MR) is 127 cm³/mol. The summed E-state index contributed by atoms with van der Waals surface area (Å²) in [6.45, 7) is 8.68. The van der Waals surface area contributed by atoms with Crippen LogP contribution < -0.4 is 10.1 Å². The number of amides is 1. The van der Waals surface area contributed by atoms with E-state index >= 15 is 0 Å². The van der Waals surface area contributed by atoms with Crippen molar-refractivity contribution in [3.8, 4) is 16.9 Å². The molecule has 0 aliphatic heterocycles. The second-order valence-electron chi connectivity index (χ2n) is 9.19. The molecule has 0 spiro atoms. The third-order valence-corrected chi connectivity index (χ3v) is 5.13. The van der Waals surface area contributed by atoms with Crippen LogP contribution in [-0.4, -0.2) is 29.2 Å². The number of carbonyl (C=O) groups is 1. The van der Waals surface area contributed by atoms with Crippen molar-refractivity contribution in [2.45, 2.75) is 65.5 Å². The lowest BCUT2D eigenvalue weighted by molar-refractivity contribution is -0.274. The maximum atomic E-state index is 12.5. The molecule has 2 aromatic carbocycles. The number of nitrogens with zero attached hydrogens (tertiary/aromatic N) is 1. The largest absolute Gasteiger partial charge is 0.573 e. The highest BCUT2D eigenvalue weighted by Crippen LogP contribution is 2.33. The lowest BCUT2D eigenvalue weighted by Gasteiger charge is -2.19. The van der Waals surface area contributed by atoms with Crippen molar-refractivity contribution in [2.24, 2.45) is 0 Å². The summed E-state index contributed by atoms with van der Waals surface area (Å²) < 4.78 is 48.9. The van der Waals surface area contributed by atoms with Crippen LogP contribution in [0.1, 0.15) is 46.1 Å². The minimum Gasteiger partial charge on any atom is -0.444 e. The van der Waals surface area contributed by atoms with Gasteiger partial charge in [-0.2, -0.15) is 0 Å². The van der Waals surface area contributed by atoms with Gasteiger partial charge in [0.05, 0.1) is 0 Å². The topological polar surface area (TPSA) is 52.5 Å². The third kappa shape index (κ3) is 7.17. The molecule has 8 heteroatoms. The van der Waals surface area contributed by atoms with Gasteiger partial charge < -0.3 is 19.4 Å². The molecule has 1 heterocycles. The van der Waals surface area contributed by atoms with Crippen LogP contribution in [0.3, 0.4) is 0 Å². The standard InChI is InChI=1S/C26H31F3N2O3/c1-5-7-18-8-13-23-21(16-18)22(19-9-11-20(12-10-19)33-26(27,28)29)17-31(23)15-6-14-30-24(32)34-25(2,3)4/h8-13,16-17H,5-7,14-15H2,1-4H3,(H,30,32). The molecule has 0 unspecified atom stereocenters. The van der Waals surface area contributed by atoms with Crippen LogP contribution in [0.2, 0.25) is 0 Å². The van der Waals surface area contributed by atoms with Crippen LogP contribution in [0.4, 0.5) is 18.0 Å². The number of alkyl carbamates (subject to hydrolysis) is 1. The third-order valence-electron chi connectivity index (χ3n) is 5.13. The number of hydrogen-bond acceptors (Lipinski definition) is 3. The Bertz CT molecular complexity index is 1110. The second-order valence-corrected chi connectivity index (χ2v) is 9.19. The van der Waals surface area contributed by atoms with Crippen molar-refractivity contribution in [3.05, 3.63) is 54.2 Å². The van der Waals surface area contributed by atoms with E-state index in [0.717, 1.165) is 34.9 Å². The normalized spacial score (nSPS) is 12.1. The smallest absolute Gasteiger partial charge is 0.444 e. The number of rotatable bonds is 8. The van der Waals surface area contributed by atoms with Crippen LogP contribution in [0.25, 0.3) is 22.0 Å². The van der Waals surface area contributed by atoms with Crippen molar-refractivity contribution >= 4 is 17.0 Å². The number of benzene rings is 2. The van der Waals surface area contributed by atoms with Gasteiger partial charge in [0.25, 0.3) is 0 Å². The Balaban J connectivity index is 1.81. The number of fused-ring (bicyclic) bond motifs is 1.